The number of Topliss-reactive ketones (excluding diaryl/α,β-unsaturated/α-hetero) is 3. The van der Waals surface area contributed by atoms with E-state index in [9.17, 15) is 44.4 Å². The van der Waals surface area contributed by atoms with Crippen molar-refractivity contribution in [1.29, 1.82) is 0 Å². The highest BCUT2D eigenvalue weighted by Crippen LogP contribution is 2.50. The van der Waals surface area contributed by atoms with Crippen molar-refractivity contribution in [1.82, 2.24) is 19.7 Å². The van der Waals surface area contributed by atoms with Gasteiger partial charge in [0.15, 0.2) is 11.6 Å². The van der Waals surface area contributed by atoms with E-state index in [0.717, 1.165) is 44.6 Å². The molecule has 8 aliphatic rings. The number of amides is 1. The van der Waals surface area contributed by atoms with Crippen LogP contribution in [-0.4, -0.2) is 165 Å². The first-order valence-corrected chi connectivity index (χ1v) is 29.1. The van der Waals surface area contributed by atoms with Crippen molar-refractivity contribution in [2.75, 3.05) is 51.8 Å². The van der Waals surface area contributed by atoms with Crippen molar-refractivity contribution in [3.63, 3.8) is 0 Å². The van der Waals surface area contributed by atoms with Gasteiger partial charge in [0.1, 0.15) is 40.2 Å². The van der Waals surface area contributed by atoms with Gasteiger partial charge in [0.2, 0.25) is 17.0 Å². The summed E-state index contributed by atoms with van der Waals surface area (Å²) in [7, 11) is 2.81. The van der Waals surface area contributed by atoms with Crippen LogP contribution in [0, 0.1) is 36.4 Å². The zero-order valence-corrected chi connectivity index (χ0v) is 49.2. The predicted octanol–water partition coefficient (Wildman–Crippen LogP) is 5.21. The predicted molar refractivity (Wildman–Crippen MR) is 307 cm³/mol. The Bertz CT molecular complexity index is 3470. The van der Waals surface area contributed by atoms with Gasteiger partial charge in [0, 0.05) is 100 Å². The lowest BCUT2D eigenvalue weighted by molar-refractivity contribution is -0.159. The summed E-state index contributed by atoms with van der Waals surface area (Å²) in [4.78, 5) is 104. The molecule has 11 atom stereocenters. The van der Waals surface area contributed by atoms with Crippen LogP contribution in [-0.2, 0) is 23.8 Å². The summed E-state index contributed by atoms with van der Waals surface area (Å²) < 4.78 is 48.1. The fourth-order valence-electron chi connectivity index (χ4n) is 13.7. The van der Waals surface area contributed by atoms with E-state index in [0.29, 0.717) is 31.4 Å². The van der Waals surface area contributed by atoms with E-state index in [4.69, 9.17) is 29.4 Å². The minimum Gasteiger partial charge on any atom is -0.507 e. The lowest BCUT2D eigenvalue weighted by Gasteiger charge is -2.46. The minimum absolute atomic E-state index is 0.0455. The van der Waals surface area contributed by atoms with Crippen molar-refractivity contribution < 1.29 is 77.3 Å². The Morgan fingerprint density at radius 2 is 1.59 bits per heavy atom. The largest absolute Gasteiger partial charge is 0.507 e. The van der Waals surface area contributed by atoms with E-state index < -0.39 is 129 Å². The number of ketones is 3. The third-order valence-electron chi connectivity index (χ3n) is 18.6. The number of pyridine rings is 1. The minimum atomic E-state index is -2.17. The highest BCUT2D eigenvalue weighted by atomic mass is 19.1. The normalized spacial score (nSPS) is 31.2. The maximum absolute atomic E-state index is 16.6. The number of carboxylic acids is 1. The average Bonchev–Trinajstić information content (AvgIpc) is 1.72. The van der Waals surface area contributed by atoms with E-state index in [1.54, 1.807) is 36.3 Å². The van der Waals surface area contributed by atoms with Gasteiger partial charge in [-0.25, -0.2) is 9.18 Å². The number of nitrogens with zero attached hydrogens (tertiary/aromatic N) is 4. The Balaban J connectivity index is 0.977. The maximum atomic E-state index is 16.6. The molecule has 3 saturated heterocycles. The molecule has 1 amide bonds. The number of anilines is 1. The van der Waals surface area contributed by atoms with Crippen LogP contribution < -0.4 is 30.9 Å². The van der Waals surface area contributed by atoms with Crippen LogP contribution in [0.3, 0.4) is 0 Å². The summed E-state index contributed by atoms with van der Waals surface area (Å²) in [5.74, 6) is -11.2. The van der Waals surface area contributed by atoms with Crippen LogP contribution in [0.25, 0.3) is 10.9 Å². The molecule has 6 aliphatic heterocycles. The lowest BCUT2D eigenvalue weighted by atomic mass is 9.81. The number of hydrogen-bond acceptors (Lipinski definition) is 19. The van der Waals surface area contributed by atoms with Crippen LogP contribution in [0.5, 0.6) is 17.2 Å². The molecule has 1 saturated carbocycles. The number of aromatic carboxylic acids is 1. The maximum Gasteiger partial charge on any atom is 0.341 e. The van der Waals surface area contributed by atoms with Gasteiger partial charge in [-0.15, -0.1) is 0 Å². The number of phenolic OH excluding ortho intramolecular Hbond substituents is 1. The Morgan fingerprint density at radius 3 is 2.24 bits per heavy atom. The number of piperidine rings is 2. The van der Waals surface area contributed by atoms with Gasteiger partial charge in [0.25, 0.3) is 11.7 Å². The number of benzene rings is 2. The molecule has 5 bridgehead atoms. The first-order valence-electron chi connectivity index (χ1n) is 29.1. The van der Waals surface area contributed by atoms with Crippen molar-refractivity contribution >= 4 is 51.8 Å². The topological polar surface area (TPSA) is 299 Å². The van der Waals surface area contributed by atoms with E-state index >= 15 is 14.0 Å². The molecule has 4 fully saturated rings. The Kier molecular flexibility index (Phi) is 16.7. The first-order chi connectivity index (χ1) is 40.3. The highest BCUT2D eigenvalue weighted by Gasteiger charge is 2.54. The Morgan fingerprint density at radius 1 is 0.882 bits per heavy atom. The van der Waals surface area contributed by atoms with Crippen molar-refractivity contribution in [3.8, 4) is 17.2 Å². The summed E-state index contributed by atoms with van der Waals surface area (Å²) in [5.41, 5.74) is 3.98. The number of aliphatic hydroxyl groups is 2. The molecule has 456 valence electrons. The standard InChI is InChI=1S/C62H75FN6O16/c1-28-12-10-13-29(2)60(78)65-46-49(66-21-17-36(18-22-66)68-20-11-14-34-25-67(27-40(34)68)48-39(63)24-37-47(58(48)82-9)69(35-15-16-35)26-38(53(37)74)61(79)80)55(76)42-43(54(46)75)51(72)31(4)57-44(42)59(77)62(7,85-57)83-23-19-41(81-8)30(3)56(84-33(6)70)32(5)52(73)45(64)50(28)71/h10,12-13,19,23-24,26,28,30,32,34-36,40-41,45,50,52,56,71-73H,11,14-18,20-22,25,27,64H2,1-9H3,(H,65,78)(H,79,80)/b12-10+,23-19+,29-13-/t28-,30+,32+,34?,40?,41-,45+,50-,52-,56+,62-/m0/s1. The zero-order chi connectivity index (χ0) is 61.4. The second-order valence-corrected chi connectivity index (χ2v) is 24.0. The molecular weight excluding hydrogens is 1100 g/mol. The number of nitrogens with two attached hydrogens (primary N) is 1. The Hall–Kier alpha value is -7.44. The first kappa shape index (κ1) is 60.7. The number of aromatic hydroxyl groups is 1. The molecule has 1 aromatic heterocycles. The number of methoxy groups -OCH3 is 2. The van der Waals surface area contributed by atoms with E-state index in [-0.39, 0.29) is 82.1 Å². The number of ether oxygens (including phenoxy) is 5. The Labute approximate surface area is 490 Å². The van der Waals surface area contributed by atoms with Crippen LogP contribution in [0.15, 0.2) is 64.6 Å². The number of phenols is 1. The van der Waals surface area contributed by atoms with Gasteiger partial charge in [0.05, 0.1) is 65.3 Å². The number of likely N-dealkylation sites (tertiary alicyclic amines) is 2. The van der Waals surface area contributed by atoms with Crippen molar-refractivity contribution in [3.05, 3.63) is 104 Å². The number of aromatic nitrogens is 1. The smallest absolute Gasteiger partial charge is 0.341 e. The van der Waals surface area contributed by atoms with Crippen LogP contribution in [0.2, 0.25) is 0 Å². The number of rotatable bonds is 8. The van der Waals surface area contributed by atoms with Gasteiger partial charge in [-0.3, -0.25) is 33.7 Å². The van der Waals surface area contributed by atoms with Crippen molar-refractivity contribution in [2.24, 2.45) is 29.4 Å². The molecule has 85 heavy (non-hydrogen) atoms. The molecule has 11 rings (SSSR count). The number of carbonyl (C=O) groups excluding carboxylic acids is 5. The van der Waals surface area contributed by atoms with Crippen LogP contribution >= 0.6 is 0 Å². The molecule has 22 nitrogen and oxygen atoms in total. The molecular formula is C62H75FN6O16. The SMILES string of the molecule is COc1c(N2CC3CCCN(C4CCN(C5=C6NC(=O)/C(C)=C\C=C\[C@H](C)[C@H](O)[C@@H](N)[C@@H](O)[C@@H](C)[C@H](OC(C)=O)[C@H](C)[C@@H](OC)/C=C/O[C@@]7(C)Oc8c(C)c(O)c(c(c8C7=O)C5=O)C6=O)CC4)C3C2)c(F)cc2c(=O)c(C(=O)O)cn(C3CC3)c12. The number of esters is 1. The number of nitrogens with one attached hydrogen (secondary N) is 1. The van der Waals surface area contributed by atoms with Crippen LogP contribution in [0.4, 0.5) is 10.1 Å². The van der Waals surface area contributed by atoms with Gasteiger partial charge >= 0.3 is 17.7 Å². The molecule has 2 unspecified atom stereocenters. The number of halogens is 1. The summed E-state index contributed by atoms with van der Waals surface area (Å²) >= 11 is 0. The second-order valence-electron chi connectivity index (χ2n) is 24.0. The van der Waals surface area contributed by atoms with Gasteiger partial charge in [-0.05, 0) is 77.0 Å². The van der Waals surface area contributed by atoms with E-state index in [2.05, 4.69) is 10.2 Å². The molecule has 23 heteroatoms. The molecule has 3 aromatic rings. The summed E-state index contributed by atoms with van der Waals surface area (Å²) in [6, 6.07) is -0.300. The number of allylic oxidation sites excluding steroid dienone is 4. The second kappa shape index (κ2) is 23.4. The fraction of sp³-hybridized carbons (Fsp3) is 0.532. The molecule has 0 spiro atoms. The third-order valence-corrected chi connectivity index (χ3v) is 18.6. The monoisotopic (exact) mass is 1180 g/mol. The average molecular weight is 1180 g/mol. The molecule has 2 aliphatic carbocycles. The van der Waals surface area contributed by atoms with Gasteiger partial charge in [-0.2, -0.15) is 0 Å². The summed E-state index contributed by atoms with van der Waals surface area (Å²) in [6.45, 7) is 12.4. The number of fused-ring (bicyclic) bond motifs is 16. The molecule has 7 N–H and O–H groups in total. The third kappa shape index (κ3) is 10.7. The van der Waals surface area contributed by atoms with Crippen LogP contribution in [0.1, 0.15) is 133 Å². The fourth-order valence-corrected chi connectivity index (χ4v) is 13.7. The van der Waals surface area contributed by atoms with Crippen molar-refractivity contribution in [2.45, 2.75) is 141 Å². The molecule has 0 radical (unpaired) electrons. The lowest BCUT2D eigenvalue weighted by Crippen LogP contribution is -2.54. The number of carbonyl (C=O) groups is 6. The molecule has 2 aromatic carbocycles. The zero-order valence-electron chi connectivity index (χ0n) is 49.2. The number of aliphatic hydroxyl groups excluding tert-OH is 2. The number of carboxylic acid groups (broad SMARTS) is 1. The van der Waals surface area contributed by atoms with E-state index in [1.165, 1.54) is 66.3 Å². The van der Waals surface area contributed by atoms with E-state index in [1.807, 2.05) is 4.90 Å². The summed E-state index contributed by atoms with van der Waals surface area (Å²) in [5, 5.41) is 47.4. The van der Waals surface area contributed by atoms with Gasteiger partial charge < -0.3 is 69.5 Å². The quantitative estimate of drug-likeness (QED) is 0.158. The molecule has 7 heterocycles. The van der Waals surface area contributed by atoms with Gasteiger partial charge in [-0.1, -0.05) is 39.0 Å². The highest BCUT2D eigenvalue weighted by molar-refractivity contribution is 6.32. The number of hydrogen-bond donors (Lipinski definition) is 6. The summed E-state index contributed by atoms with van der Waals surface area (Å²) in [6.07, 6.45) is 7.94.